The lowest BCUT2D eigenvalue weighted by atomic mass is 10.2. The quantitative estimate of drug-likeness (QED) is 0.117. The summed E-state index contributed by atoms with van der Waals surface area (Å²) in [5, 5.41) is 4.39. The molecule has 1 N–H and O–H groups in total. The smallest absolute Gasteiger partial charge is 0.343 e. The highest BCUT2D eigenvalue weighted by atomic mass is 35.5. The molecule has 8 nitrogen and oxygen atoms in total. The van der Waals surface area contributed by atoms with Gasteiger partial charge in [-0.2, -0.15) is 5.10 Å². The van der Waals surface area contributed by atoms with Crippen LogP contribution in [0.15, 0.2) is 102 Å². The summed E-state index contributed by atoms with van der Waals surface area (Å²) < 4.78 is 16.4. The van der Waals surface area contributed by atoms with E-state index in [1.54, 1.807) is 78.9 Å². The van der Waals surface area contributed by atoms with Crippen molar-refractivity contribution in [2.75, 3.05) is 6.61 Å². The lowest BCUT2D eigenvalue weighted by molar-refractivity contribution is -0.123. The van der Waals surface area contributed by atoms with E-state index in [4.69, 9.17) is 37.4 Å². The van der Waals surface area contributed by atoms with Crippen molar-refractivity contribution < 1.29 is 28.6 Å². The van der Waals surface area contributed by atoms with E-state index >= 15 is 0 Å². The van der Waals surface area contributed by atoms with Gasteiger partial charge in [-0.05, 0) is 48.5 Å². The lowest BCUT2D eigenvalue weighted by Gasteiger charge is -2.11. The fraction of sp³-hybridized carbons (Fsp3) is 0.0345. The zero-order valence-corrected chi connectivity index (χ0v) is 21.7. The minimum Gasteiger partial charge on any atom is -0.482 e. The Bertz CT molecular complexity index is 1510. The minimum atomic E-state index is -0.632. The molecule has 4 aromatic carbocycles. The first kappa shape index (κ1) is 27.4. The number of halogens is 2. The third-order valence-corrected chi connectivity index (χ3v) is 5.89. The van der Waals surface area contributed by atoms with Gasteiger partial charge in [0.1, 0.15) is 22.3 Å². The number of hydrogen-bond donors (Lipinski definition) is 1. The molecule has 196 valence electrons. The lowest BCUT2D eigenvalue weighted by Crippen LogP contribution is -2.24. The first-order chi connectivity index (χ1) is 18.9. The molecule has 4 rings (SSSR count). The normalized spacial score (nSPS) is 10.6. The second kappa shape index (κ2) is 13.2. The molecule has 0 atom stereocenters. The third-order valence-electron chi connectivity index (χ3n) is 5.09. The first-order valence-electron chi connectivity index (χ1n) is 11.5. The number of nitrogens with one attached hydrogen (secondary N) is 1. The van der Waals surface area contributed by atoms with E-state index in [9.17, 15) is 14.4 Å². The largest absolute Gasteiger partial charge is 0.482 e. The van der Waals surface area contributed by atoms with Gasteiger partial charge < -0.3 is 14.2 Å². The van der Waals surface area contributed by atoms with E-state index in [-0.39, 0.29) is 28.9 Å². The minimum absolute atomic E-state index is 0.0576. The highest BCUT2D eigenvalue weighted by Crippen LogP contribution is 2.31. The van der Waals surface area contributed by atoms with E-state index in [0.29, 0.717) is 21.7 Å². The number of nitrogens with zero attached hydrogens (tertiary/aromatic N) is 1. The molecular formula is C29H20Cl2N2O6. The summed E-state index contributed by atoms with van der Waals surface area (Å²) in [6.07, 6.45) is 1.28. The first-order valence-corrected chi connectivity index (χ1v) is 12.2. The predicted octanol–water partition coefficient (Wildman–Crippen LogP) is 5.96. The number of carbonyl (C=O) groups is 3. The molecule has 0 fully saturated rings. The Labute approximate surface area is 233 Å². The SMILES string of the molecule is O=C(COc1cccc(Cl)c1Cl)N/N=C/c1ccc(OC(=O)c2ccccc2)cc1OC(=O)c1ccccc1. The van der Waals surface area contributed by atoms with Gasteiger partial charge in [0, 0.05) is 11.6 Å². The van der Waals surface area contributed by atoms with Crippen LogP contribution in [-0.2, 0) is 4.79 Å². The topological polar surface area (TPSA) is 103 Å². The summed E-state index contributed by atoms with van der Waals surface area (Å²) in [5.74, 6) is -1.33. The maximum Gasteiger partial charge on any atom is 0.343 e. The molecule has 0 saturated carbocycles. The van der Waals surface area contributed by atoms with Gasteiger partial charge in [-0.25, -0.2) is 15.0 Å². The molecule has 0 spiro atoms. The second-order valence-electron chi connectivity index (χ2n) is 7.84. The van der Waals surface area contributed by atoms with Crippen LogP contribution in [-0.4, -0.2) is 30.7 Å². The summed E-state index contributed by atoms with van der Waals surface area (Å²) in [6, 6.07) is 26.0. The Kier molecular flexibility index (Phi) is 9.29. The molecule has 39 heavy (non-hydrogen) atoms. The third kappa shape index (κ3) is 7.67. The summed E-state index contributed by atoms with van der Waals surface area (Å²) in [7, 11) is 0. The van der Waals surface area contributed by atoms with Gasteiger partial charge in [0.05, 0.1) is 22.4 Å². The number of benzene rings is 4. The number of carbonyl (C=O) groups excluding carboxylic acids is 3. The number of ether oxygens (including phenoxy) is 3. The van der Waals surface area contributed by atoms with E-state index in [0.717, 1.165) is 0 Å². The standard InChI is InChI=1S/C29H20Cl2N2O6/c30-23-12-7-13-24(27(23)31)37-18-26(34)33-32-17-21-14-15-22(38-28(35)19-8-3-1-4-9-19)16-25(21)39-29(36)20-10-5-2-6-11-20/h1-17H,18H2,(H,33,34)/b32-17+. The fourth-order valence-corrected chi connectivity index (χ4v) is 3.54. The van der Waals surface area contributed by atoms with Crippen molar-refractivity contribution in [1.29, 1.82) is 0 Å². The fourth-order valence-electron chi connectivity index (χ4n) is 3.19. The molecule has 0 aliphatic heterocycles. The highest BCUT2D eigenvalue weighted by molar-refractivity contribution is 6.42. The maximum atomic E-state index is 12.7. The van der Waals surface area contributed by atoms with Crippen LogP contribution in [0.1, 0.15) is 26.3 Å². The summed E-state index contributed by atoms with van der Waals surface area (Å²) in [5.41, 5.74) is 3.32. The monoisotopic (exact) mass is 562 g/mol. The number of rotatable bonds is 9. The highest BCUT2D eigenvalue weighted by Gasteiger charge is 2.15. The number of hydrogen-bond acceptors (Lipinski definition) is 7. The molecule has 0 aliphatic rings. The van der Waals surface area contributed by atoms with E-state index in [1.165, 1.54) is 24.4 Å². The van der Waals surface area contributed by atoms with Crippen molar-refractivity contribution in [3.8, 4) is 17.2 Å². The van der Waals surface area contributed by atoms with Crippen LogP contribution >= 0.6 is 23.2 Å². The van der Waals surface area contributed by atoms with Crippen LogP contribution in [0.4, 0.5) is 0 Å². The van der Waals surface area contributed by atoms with Crippen molar-refractivity contribution in [1.82, 2.24) is 5.43 Å². The van der Waals surface area contributed by atoms with E-state index in [2.05, 4.69) is 10.5 Å². The van der Waals surface area contributed by atoms with Crippen LogP contribution < -0.4 is 19.6 Å². The van der Waals surface area contributed by atoms with Gasteiger partial charge in [0.15, 0.2) is 6.61 Å². The molecule has 4 aromatic rings. The van der Waals surface area contributed by atoms with Crippen molar-refractivity contribution in [2.24, 2.45) is 5.10 Å². The number of esters is 2. The molecule has 0 bridgehead atoms. The Morgan fingerprint density at radius 3 is 2.05 bits per heavy atom. The van der Waals surface area contributed by atoms with Crippen molar-refractivity contribution >= 4 is 47.3 Å². The Morgan fingerprint density at radius 2 is 1.38 bits per heavy atom. The molecule has 0 heterocycles. The van der Waals surface area contributed by atoms with E-state index < -0.39 is 17.8 Å². The summed E-state index contributed by atoms with van der Waals surface area (Å²) in [6.45, 7) is -0.373. The van der Waals surface area contributed by atoms with Gasteiger partial charge in [0.25, 0.3) is 5.91 Å². The van der Waals surface area contributed by atoms with E-state index in [1.807, 2.05) is 0 Å². The molecular weight excluding hydrogens is 543 g/mol. The summed E-state index contributed by atoms with van der Waals surface area (Å²) in [4.78, 5) is 37.4. The average Bonchev–Trinajstić information content (AvgIpc) is 2.96. The van der Waals surface area contributed by atoms with Gasteiger partial charge in [0.2, 0.25) is 0 Å². The van der Waals surface area contributed by atoms with Gasteiger partial charge >= 0.3 is 11.9 Å². The summed E-state index contributed by atoms with van der Waals surface area (Å²) >= 11 is 12.0. The van der Waals surface area contributed by atoms with Crippen LogP contribution in [0.3, 0.4) is 0 Å². The van der Waals surface area contributed by atoms with Gasteiger partial charge in [-0.15, -0.1) is 0 Å². The second-order valence-corrected chi connectivity index (χ2v) is 8.63. The molecule has 10 heteroatoms. The van der Waals surface area contributed by atoms with Crippen LogP contribution in [0.25, 0.3) is 0 Å². The molecule has 0 unspecified atom stereocenters. The average molecular weight is 563 g/mol. The molecule has 1 amide bonds. The Morgan fingerprint density at radius 1 is 0.744 bits per heavy atom. The van der Waals surface area contributed by atoms with Gasteiger partial charge in [-0.1, -0.05) is 65.7 Å². The van der Waals surface area contributed by atoms with Crippen molar-refractivity contribution in [3.63, 3.8) is 0 Å². The number of amides is 1. The molecule has 0 aromatic heterocycles. The van der Waals surface area contributed by atoms with Crippen LogP contribution in [0, 0.1) is 0 Å². The van der Waals surface area contributed by atoms with Crippen molar-refractivity contribution in [3.05, 3.63) is 124 Å². The molecule has 0 saturated heterocycles. The number of hydrazone groups is 1. The van der Waals surface area contributed by atoms with Crippen LogP contribution in [0.2, 0.25) is 10.0 Å². The predicted molar refractivity (Wildman–Crippen MR) is 147 cm³/mol. The maximum absolute atomic E-state index is 12.7. The molecule has 0 radical (unpaired) electrons. The Hall–Kier alpha value is -4.66. The van der Waals surface area contributed by atoms with Gasteiger partial charge in [-0.3, -0.25) is 4.79 Å². The van der Waals surface area contributed by atoms with Crippen LogP contribution in [0.5, 0.6) is 17.2 Å². The van der Waals surface area contributed by atoms with Crippen molar-refractivity contribution in [2.45, 2.75) is 0 Å². The zero-order valence-electron chi connectivity index (χ0n) is 20.2. The Balaban J connectivity index is 1.47. The zero-order chi connectivity index (χ0) is 27.6. The molecule has 0 aliphatic carbocycles.